The number of likely N-dealkylation sites (N-methyl/N-ethyl adjacent to an activating group) is 1. The van der Waals surface area contributed by atoms with Gasteiger partial charge in [0, 0.05) is 13.7 Å². The number of halogens is 1. The molecule has 18 heavy (non-hydrogen) atoms. The standard InChI is InChI=1S/C13H18FN3O/c1-8-10(6-7-18-8)17(2)11-5-3-4-9(14)12(11)13(15)16/h3-5,8,10H,6-7H2,1-2H3,(H3,15,16). The third-order valence-electron chi connectivity index (χ3n) is 3.47. The summed E-state index contributed by atoms with van der Waals surface area (Å²) >= 11 is 0. The van der Waals surface area contributed by atoms with Crippen molar-refractivity contribution in [3.63, 3.8) is 0 Å². The zero-order chi connectivity index (χ0) is 13.3. The second kappa shape index (κ2) is 4.94. The van der Waals surface area contributed by atoms with Crippen LogP contribution in [0.5, 0.6) is 0 Å². The molecule has 2 atom stereocenters. The first-order valence-electron chi connectivity index (χ1n) is 5.99. The first-order chi connectivity index (χ1) is 8.52. The number of nitrogen functional groups attached to an aromatic ring is 1. The van der Waals surface area contributed by atoms with Gasteiger partial charge in [-0.05, 0) is 25.5 Å². The highest BCUT2D eigenvalue weighted by molar-refractivity contribution is 6.00. The molecule has 1 aromatic rings. The normalized spacial score (nSPS) is 23.1. The Morgan fingerprint density at radius 3 is 2.83 bits per heavy atom. The molecule has 0 amide bonds. The summed E-state index contributed by atoms with van der Waals surface area (Å²) < 4.78 is 19.3. The minimum Gasteiger partial charge on any atom is -0.384 e. The highest BCUT2D eigenvalue weighted by Gasteiger charge is 2.29. The van der Waals surface area contributed by atoms with Crippen LogP contribution in [0.4, 0.5) is 10.1 Å². The number of hydrogen-bond acceptors (Lipinski definition) is 3. The molecule has 2 unspecified atom stereocenters. The fraction of sp³-hybridized carbons (Fsp3) is 0.462. The summed E-state index contributed by atoms with van der Waals surface area (Å²) in [7, 11) is 1.89. The van der Waals surface area contributed by atoms with Gasteiger partial charge in [0.2, 0.25) is 0 Å². The maximum Gasteiger partial charge on any atom is 0.136 e. The van der Waals surface area contributed by atoms with Crippen LogP contribution in [0, 0.1) is 11.2 Å². The summed E-state index contributed by atoms with van der Waals surface area (Å²) in [5.74, 6) is -0.708. The zero-order valence-corrected chi connectivity index (χ0v) is 10.6. The lowest BCUT2D eigenvalue weighted by atomic mass is 10.1. The maximum atomic E-state index is 13.8. The van der Waals surface area contributed by atoms with Gasteiger partial charge in [-0.2, -0.15) is 0 Å². The van der Waals surface area contributed by atoms with Gasteiger partial charge >= 0.3 is 0 Å². The Hall–Kier alpha value is -1.62. The summed E-state index contributed by atoms with van der Waals surface area (Å²) in [5.41, 5.74) is 6.28. The van der Waals surface area contributed by atoms with Gasteiger partial charge in [-0.3, -0.25) is 5.41 Å². The SMILES string of the molecule is CC1OCCC1N(C)c1cccc(F)c1C(=N)N. The first kappa shape index (κ1) is 12.8. The number of benzene rings is 1. The quantitative estimate of drug-likeness (QED) is 0.635. The molecule has 3 N–H and O–H groups in total. The average molecular weight is 251 g/mol. The Balaban J connectivity index is 2.38. The van der Waals surface area contributed by atoms with Crippen molar-refractivity contribution in [1.82, 2.24) is 0 Å². The van der Waals surface area contributed by atoms with Crippen molar-refractivity contribution >= 4 is 11.5 Å². The van der Waals surface area contributed by atoms with Gasteiger partial charge in [0.05, 0.1) is 23.4 Å². The van der Waals surface area contributed by atoms with Crippen LogP contribution in [0.15, 0.2) is 18.2 Å². The minimum absolute atomic E-state index is 0.0954. The van der Waals surface area contributed by atoms with E-state index in [1.807, 2.05) is 18.9 Å². The Morgan fingerprint density at radius 1 is 1.56 bits per heavy atom. The van der Waals surface area contributed by atoms with Crippen LogP contribution in [0.2, 0.25) is 0 Å². The van der Waals surface area contributed by atoms with Gasteiger partial charge in [-0.1, -0.05) is 6.07 Å². The predicted molar refractivity (Wildman–Crippen MR) is 69.6 cm³/mol. The molecule has 5 heteroatoms. The van der Waals surface area contributed by atoms with Gasteiger partial charge in [-0.15, -0.1) is 0 Å². The summed E-state index contributed by atoms with van der Waals surface area (Å²) in [4.78, 5) is 1.96. The van der Waals surface area contributed by atoms with E-state index in [0.29, 0.717) is 12.3 Å². The molecule has 1 aliphatic rings. The number of nitrogens with zero attached hydrogens (tertiary/aromatic N) is 1. The Labute approximate surface area is 106 Å². The number of hydrogen-bond donors (Lipinski definition) is 2. The maximum absolute atomic E-state index is 13.8. The lowest BCUT2D eigenvalue weighted by Gasteiger charge is -2.30. The van der Waals surface area contributed by atoms with E-state index in [0.717, 1.165) is 6.42 Å². The van der Waals surface area contributed by atoms with Crippen molar-refractivity contribution < 1.29 is 9.13 Å². The third kappa shape index (κ3) is 2.18. The van der Waals surface area contributed by atoms with Crippen molar-refractivity contribution in [3.05, 3.63) is 29.6 Å². The molecule has 0 bridgehead atoms. The molecule has 0 spiro atoms. The molecule has 1 fully saturated rings. The molecule has 1 aliphatic heterocycles. The van der Waals surface area contributed by atoms with E-state index in [9.17, 15) is 4.39 Å². The lowest BCUT2D eigenvalue weighted by Crippen LogP contribution is -2.38. The molecule has 98 valence electrons. The number of amidine groups is 1. The highest BCUT2D eigenvalue weighted by atomic mass is 19.1. The van der Waals surface area contributed by atoms with Crippen LogP contribution < -0.4 is 10.6 Å². The van der Waals surface area contributed by atoms with Crippen molar-refractivity contribution in [2.45, 2.75) is 25.5 Å². The first-order valence-corrected chi connectivity index (χ1v) is 5.99. The number of ether oxygens (including phenoxy) is 1. The molecule has 0 aromatic heterocycles. The summed E-state index contributed by atoms with van der Waals surface area (Å²) in [6.07, 6.45) is 0.990. The molecule has 1 saturated heterocycles. The van der Waals surface area contributed by atoms with E-state index in [1.165, 1.54) is 6.07 Å². The van der Waals surface area contributed by atoms with Gasteiger partial charge in [-0.25, -0.2) is 4.39 Å². The van der Waals surface area contributed by atoms with E-state index < -0.39 is 5.82 Å². The Bertz CT molecular complexity index is 464. The van der Waals surface area contributed by atoms with E-state index in [4.69, 9.17) is 15.9 Å². The average Bonchev–Trinajstić information content (AvgIpc) is 2.73. The highest BCUT2D eigenvalue weighted by Crippen LogP contribution is 2.28. The van der Waals surface area contributed by atoms with Crippen LogP contribution in [-0.2, 0) is 4.74 Å². The number of anilines is 1. The molecule has 1 heterocycles. The Morgan fingerprint density at radius 2 is 2.28 bits per heavy atom. The topological polar surface area (TPSA) is 62.3 Å². The number of nitrogens with two attached hydrogens (primary N) is 1. The van der Waals surface area contributed by atoms with Crippen molar-refractivity contribution in [2.75, 3.05) is 18.6 Å². The lowest BCUT2D eigenvalue weighted by molar-refractivity contribution is 0.118. The van der Waals surface area contributed by atoms with Crippen molar-refractivity contribution in [1.29, 1.82) is 5.41 Å². The summed E-state index contributed by atoms with van der Waals surface area (Å²) in [6, 6.07) is 4.92. The van der Waals surface area contributed by atoms with E-state index >= 15 is 0 Å². The minimum atomic E-state index is -0.460. The largest absolute Gasteiger partial charge is 0.384 e. The predicted octanol–water partition coefficient (Wildman–Crippen LogP) is 1.72. The number of rotatable bonds is 3. The van der Waals surface area contributed by atoms with Crippen LogP contribution in [0.25, 0.3) is 0 Å². The molecule has 0 radical (unpaired) electrons. The van der Waals surface area contributed by atoms with E-state index in [2.05, 4.69) is 0 Å². The van der Waals surface area contributed by atoms with Crippen LogP contribution >= 0.6 is 0 Å². The van der Waals surface area contributed by atoms with Crippen molar-refractivity contribution in [3.8, 4) is 0 Å². The van der Waals surface area contributed by atoms with E-state index in [-0.39, 0.29) is 23.5 Å². The molecule has 1 aromatic carbocycles. The van der Waals surface area contributed by atoms with Crippen LogP contribution in [0.3, 0.4) is 0 Å². The monoisotopic (exact) mass is 251 g/mol. The smallest absolute Gasteiger partial charge is 0.136 e. The summed E-state index contributed by atoms with van der Waals surface area (Å²) in [6.45, 7) is 2.71. The van der Waals surface area contributed by atoms with E-state index in [1.54, 1.807) is 12.1 Å². The second-order valence-electron chi connectivity index (χ2n) is 4.59. The molecule has 0 aliphatic carbocycles. The van der Waals surface area contributed by atoms with Gasteiger partial charge in [0.15, 0.2) is 0 Å². The van der Waals surface area contributed by atoms with Crippen LogP contribution in [0.1, 0.15) is 18.9 Å². The molecular weight excluding hydrogens is 233 g/mol. The molecular formula is C13H18FN3O. The van der Waals surface area contributed by atoms with Crippen molar-refractivity contribution in [2.24, 2.45) is 5.73 Å². The van der Waals surface area contributed by atoms with Gasteiger partial charge < -0.3 is 15.4 Å². The van der Waals surface area contributed by atoms with Gasteiger partial charge in [0.25, 0.3) is 0 Å². The second-order valence-corrected chi connectivity index (χ2v) is 4.59. The van der Waals surface area contributed by atoms with Crippen LogP contribution in [-0.4, -0.2) is 31.6 Å². The molecule has 2 rings (SSSR count). The fourth-order valence-electron chi connectivity index (χ4n) is 2.48. The number of nitrogens with one attached hydrogen (secondary N) is 1. The fourth-order valence-corrected chi connectivity index (χ4v) is 2.48. The summed E-state index contributed by atoms with van der Waals surface area (Å²) in [5, 5.41) is 7.51. The molecule has 0 saturated carbocycles. The third-order valence-corrected chi connectivity index (χ3v) is 3.47. The molecule has 4 nitrogen and oxygen atoms in total. The van der Waals surface area contributed by atoms with Gasteiger partial charge in [0.1, 0.15) is 11.7 Å². The Kier molecular flexibility index (Phi) is 3.52. The zero-order valence-electron chi connectivity index (χ0n) is 10.6.